The summed E-state index contributed by atoms with van der Waals surface area (Å²) in [4.78, 5) is 26.9. The molecule has 1 aliphatic carbocycles. The second-order valence-electron chi connectivity index (χ2n) is 5.61. The molecule has 7 heteroatoms. The summed E-state index contributed by atoms with van der Waals surface area (Å²) in [5, 5.41) is 9.05. The number of hydrogen-bond acceptors (Lipinski definition) is 6. The Bertz CT molecular complexity index is 690. The van der Waals surface area contributed by atoms with Gasteiger partial charge < -0.3 is 15.6 Å². The first-order chi connectivity index (χ1) is 10.4. The molecule has 1 aromatic heterocycles. The van der Waals surface area contributed by atoms with E-state index in [2.05, 4.69) is 4.98 Å². The standard InChI is InChI=1S/C15H19N3O4/c1-10(2)13(20)22-9-15(4-6-19)7-11(15)8-18-5-3-12(16)17-14(18)21/h3-6,8,10,19H,7,9H2,1-2H3,(H2,16,17,21)/b6-4+,11-8-/t15-/m0/s1. The first kappa shape index (κ1) is 15.8. The van der Waals surface area contributed by atoms with Crippen LogP contribution in [0.25, 0.3) is 6.20 Å². The summed E-state index contributed by atoms with van der Waals surface area (Å²) in [7, 11) is 0. The van der Waals surface area contributed by atoms with Crippen LogP contribution in [0.15, 0.2) is 35.0 Å². The molecule has 0 amide bonds. The maximum Gasteiger partial charge on any atom is 0.353 e. The summed E-state index contributed by atoms with van der Waals surface area (Å²) >= 11 is 0. The van der Waals surface area contributed by atoms with Crippen LogP contribution in [0, 0.1) is 11.3 Å². The van der Waals surface area contributed by atoms with E-state index in [4.69, 9.17) is 15.6 Å². The highest BCUT2D eigenvalue weighted by Crippen LogP contribution is 2.53. The molecule has 1 saturated carbocycles. The van der Waals surface area contributed by atoms with Gasteiger partial charge in [0.25, 0.3) is 0 Å². The van der Waals surface area contributed by atoms with Crippen LogP contribution >= 0.6 is 0 Å². The van der Waals surface area contributed by atoms with Gasteiger partial charge in [-0.3, -0.25) is 9.36 Å². The van der Waals surface area contributed by atoms with Gasteiger partial charge in [-0.05, 0) is 24.1 Å². The smallest absolute Gasteiger partial charge is 0.353 e. The molecule has 2 rings (SSSR count). The summed E-state index contributed by atoms with van der Waals surface area (Å²) in [5.41, 5.74) is 5.26. The Kier molecular flexibility index (Phi) is 4.35. The van der Waals surface area contributed by atoms with Crippen LogP contribution in [-0.2, 0) is 9.53 Å². The van der Waals surface area contributed by atoms with Crippen LogP contribution in [0.5, 0.6) is 0 Å². The molecule has 0 aromatic carbocycles. The number of aromatic nitrogens is 2. The monoisotopic (exact) mass is 305 g/mol. The molecule has 0 bridgehead atoms. The molecule has 7 nitrogen and oxygen atoms in total. The van der Waals surface area contributed by atoms with Crippen molar-refractivity contribution in [3.05, 3.63) is 40.7 Å². The number of nitrogens with two attached hydrogens (primary N) is 1. The van der Waals surface area contributed by atoms with Crippen LogP contribution < -0.4 is 11.4 Å². The number of hydrogen-bond donors (Lipinski definition) is 2. The normalized spacial score (nSPS) is 22.4. The molecule has 1 atom stereocenters. The number of anilines is 1. The van der Waals surface area contributed by atoms with E-state index in [1.807, 2.05) is 0 Å². The Morgan fingerprint density at radius 1 is 1.64 bits per heavy atom. The molecule has 118 valence electrons. The third-order valence-corrected chi connectivity index (χ3v) is 3.50. The van der Waals surface area contributed by atoms with Gasteiger partial charge in [-0.15, -0.1) is 0 Å². The summed E-state index contributed by atoms with van der Waals surface area (Å²) in [6.45, 7) is 3.63. The minimum atomic E-state index is -0.555. The van der Waals surface area contributed by atoms with Gasteiger partial charge in [0.15, 0.2) is 0 Å². The first-order valence-corrected chi connectivity index (χ1v) is 6.92. The van der Waals surface area contributed by atoms with Gasteiger partial charge in [0.05, 0.1) is 17.6 Å². The lowest BCUT2D eigenvalue weighted by Gasteiger charge is -2.12. The van der Waals surface area contributed by atoms with Gasteiger partial charge >= 0.3 is 11.7 Å². The highest BCUT2D eigenvalue weighted by Gasteiger charge is 2.48. The second kappa shape index (κ2) is 6.05. The summed E-state index contributed by atoms with van der Waals surface area (Å²) < 4.78 is 6.54. The predicted molar refractivity (Wildman–Crippen MR) is 81.8 cm³/mol. The van der Waals surface area contributed by atoms with Crippen molar-refractivity contribution in [2.45, 2.75) is 20.3 Å². The van der Waals surface area contributed by atoms with Crippen molar-refractivity contribution in [2.24, 2.45) is 11.3 Å². The first-order valence-electron chi connectivity index (χ1n) is 6.92. The van der Waals surface area contributed by atoms with Gasteiger partial charge in [-0.1, -0.05) is 13.8 Å². The molecule has 1 aliphatic rings. The van der Waals surface area contributed by atoms with Crippen molar-refractivity contribution in [2.75, 3.05) is 12.3 Å². The zero-order valence-electron chi connectivity index (χ0n) is 12.5. The molecule has 0 radical (unpaired) electrons. The number of carbonyl (C=O) groups excluding carboxylic acids is 1. The van der Waals surface area contributed by atoms with Crippen molar-refractivity contribution in [1.82, 2.24) is 9.55 Å². The van der Waals surface area contributed by atoms with E-state index >= 15 is 0 Å². The fourth-order valence-electron chi connectivity index (χ4n) is 2.03. The maximum atomic E-state index is 11.7. The Labute approximate surface area is 127 Å². The molecule has 0 aliphatic heterocycles. The zero-order chi connectivity index (χ0) is 16.3. The number of nitrogen functional groups attached to an aromatic ring is 1. The maximum absolute atomic E-state index is 11.7. The number of esters is 1. The molecular weight excluding hydrogens is 286 g/mol. The molecule has 0 unspecified atom stereocenters. The molecule has 0 saturated heterocycles. The van der Waals surface area contributed by atoms with E-state index in [0.717, 1.165) is 11.8 Å². The highest BCUT2D eigenvalue weighted by molar-refractivity contribution is 5.71. The van der Waals surface area contributed by atoms with Crippen LogP contribution in [0.3, 0.4) is 0 Å². The van der Waals surface area contributed by atoms with Crippen molar-refractivity contribution in [1.29, 1.82) is 0 Å². The molecule has 22 heavy (non-hydrogen) atoms. The van der Waals surface area contributed by atoms with Gasteiger partial charge in [-0.25, -0.2) is 4.79 Å². The number of aliphatic hydroxyl groups is 1. The minimum Gasteiger partial charge on any atom is -0.516 e. The molecule has 0 spiro atoms. The van der Waals surface area contributed by atoms with Crippen LogP contribution in [0.4, 0.5) is 5.82 Å². The van der Waals surface area contributed by atoms with Crippen molar-refractivity contribution < 1.29 is 14.6 Å². The number of aliphatic hydroxyl groups excluding tert-OH is 1. The van der Waals surface area contributed by atoms with E-state index in [-0.39, 0.29) is 24.3 Å². The van der Waals surface area contributed by atoms with Gasteiger partial charge in [0, 0.05) is 12.4 Å². The van der Waals surface area contributed by atoms with Crippen molar-refractivity contribution in [3.8, 4) is 0 Å². The van der Waals surface area contributed by atoms with Crippen molar-refractivity contribution >= 4 is 18.0 Å². The largest absolute Gasteiger partial charge is 0.516 e. The highest BCUT2D eigenvalue weighted by atomic mass is 16.5. The summed E-state index contributed by atoms with van der Waals surface area (Å²) in [5.74, 6) is -0.364. The van der Waals surface area contributed by atoms with E-state index in [1.165, 1.54) is 16.8 Å². The van der Waals surface area contributed by atoms with E-state index in [0.29, 0.717) is 6.42 Å². The zero-order valence-corrected chi connectivity index (χ0v) is 12.5. The molecule has 1 fully saturated rings. The van der Waals surface area contributed by atoms with E-state index in [1.54, 1.807) is 26.1 Å². The molecule has 1 aromatic rings. The third-order valence-electron chi connectivity index (χ3n) is 3.50. The number of carbonyl (C=O) groups is 1. The average Bonchev–Trinajstić information content (AvgIpc) is 3.12. The molecule has 1 heterocycles. The van der Waals surface area contributed by atoms with Gasteiger partial charge in [0.1, 0.15) is 12.4 Å². The Hall–Kier alpha value is -2.57. The van der Waals surface area contributed by atoms with Gasteiger partial charge in [-0.2, -0.15) is 4.98 Å². The second-order valence-corrected chi connectivity index (χ2v) is 5.61. The third kappa shape index (κ3) is 3.36. The average molecular weight is 305 g/mol. The fraction of sp³-hybridized carbons (Fsp3) is 0.400. The fourth-order valence-corrected chi connectivity index (χ4v) is 2.03. The number of rotatable bonds is 5. The van der Waals surface area contributed by atoms with Crippen LogP contribution in [-0.4, -0.2) is 27.2 Å². The van der Waals surface area contributed by atoms with E-state index in [9.17, 15) is 9.59 Å². The number of ether oxygens (including phenoxy) is 1. The molecular formula is C15H19N3O4. The summed E-state index contributed by atoms with van der Waals surface area (Å²) in [6, 6.07) is 1.52. The lowest BCUT2D eigenvalue weighted by atomic mass is 10.1. The molecule has 3 N–H and O–H groups in total. The number of nitrogens with zero attached hydrogens (tertiary/aromatic N) is 2. The summed E-state index contributed by atoms with van der Waals surface area (Å²) in [6.07, 6.45) is 6.21. The van der Waals surface area contributed by atoms with Crippen LogP contribution in [0.1, 0.15) is 20.3 Å². The topological polar surface area (TPSA) is 107 Å². The predicted octanol–water partition coefficient (Wildman–Crippen LogP) is 1.33. The quantitative estimate of drug-likeness (QED) is 0.627. The lowest BCUT2D eigenvalue weighted by Crippen LogP contribution is -2.20. The Morgan fingerprint density at radius 3 is 2.95 bits per heavy atom. The minimum absolute atomic E-state index is 0.129. The van der Waals surface area contributed by atoms with Gasteiger partial charge in [0.2, 0.25) is 0 Å². The SMILES string of the molecule is CC(C)C(=O)OC[C@]1(/C=C/O)C/C1=C/n1ccc(N)nc1=O. The van der Waals surface area contributed by atoms with E-state index < -0.39 is 11.1 Å². The van der Waals surface area contributed by atoms with Crippen molar-refractivity contribution in [3.63, 3.8) is 0 Å². The Morgan fingerprint density at radius 2 is 2.36 bits per heavy atom. The lowest BCUT2D eigenvalue weighted by molar-refractivity contribution is -0.148. The Balaban J connectivity index is 2.17. The van der Waals surface area contributed by atoms with Crippen LogP contribution in [0.2, 0.25) is 0 Å².